The third kappa shape index (κ3) is 3.66. The molecule has 1 N–H and O–H groups in total. The second kappa shape index (κ2) is 8.24. The lowest BCUT2D eigenvalue weighted by atomic mass is 9.94. The van der Waals surface area contributed by atoms with Crippen LogP contribution in [0, 0.1) is 6.92 Å². The molecule has 0 saturated carbocycles. The zero-order valence-electron chi connectivity index (χ0n) is 16.9. The van der Waals surface area contributed by atoms with Crippen molar-refractivity contribution in [2.45, 2.75) is 13.0 Å². The fraction of sp³-hybridized carbons (Fsp3) is 0.125. The number of ether oxygens (including phenoxy) is 1. The second-order valence-electron chi connectivity index (χ2n) is 7.11. The minimum absolute atomic E-state index is 0.00113. The lowest BCUT2D eigenvalue weighted by Gasteiger charge is -2.25. The Balaban J connectivity index is 1.93. The summed E-state index contributed by atoms with van der Waals surface area (Å²) >= 11 is 6.00. The van der Waals surface area contributed by atoms with Crippen molar-refractivity contribution in [3.05, 3.63) is 94.3 Å². The molecule has 1 atom stereocenters. The fourth-order valence-corrected chi connectivity index (χ4v) is 3.85. The number of carbonyl (C=O) groups is 2. The molecule has 3 aromatic rings. The van der Waals surface area contributed by atoms with E-state index in [1.54, 1.807) is 81.0 Å². The van der Waals surface area contributed by atoms with Crippen molar-refractivity contribution < 1.29 is 19.4 Å². The van der Waals surface area contributed by atoms with Gasteiger partial charge in [-0.15, -0.1) is 0 Å². The molecule has 0 bridgehead atoms. The van der Waals surface area contributed by atoms with Gasteiger partial charge in [0.1, 0.15) is 11.5 Å². The first-order valence-corrected chi connectivity index (χ1v) is 9.91. The lowest BCUT2D eigenvalue weighted by Crippen LogP contribution is -2.29. The number of benzene rings is 2. The summed E-state index contributed by atoms with van der Waals surface area (Å²) in [5.74, 6) is -1.12. The number of Topliss-reactive ketones (excluding diaryl/α,β-unsaturated/α-hetero) is 1. The van der Waals surface area contributed by atoms with Crippen LogP contribution in [0.15, 0.2) is 72.6 Å². The number of aryl methyl sites for hydroxylation is 1. The van der Waals surface area contributed by atoms with Crippen molar-refractivity contribution in [2.75, 3.05) is 12.0 Å². The van der Waals surface area contributed by atoms with Gasteiger partial charge in [-0.05, 0) is 66.6 Å². The van der Waals surface area contributed by atoms with E-state index < -0.39 is 17.7 Å². The average molecular weight is 435 g/mol. The molecule has 2 heterocycles. The number of amides is 1. The van der Waals surface area contributed by atoms with Gasteiger partial charge >= 0.3 is 0 Å². The van der Waals surface area contributed by atoms with E-state index in [1.165, 1.54) is 4.90 Å². The molecular formula is C24H19ClN2O4. The molecule has 156 valence electrons. The van der Waals surface area contributed by atoms with Crippen molar-refractivity contribution in [1.82, 2.24) is 4.98 Å². The number of hydrogen-bond donors (Lipinski definition) is 1. The van der Waals surface area contributed by atoms with E-state index in [0.29, 0.717) is 33.1 Å². The van der Waals surface area contributed by atoms with Gasteiger partial charge < -0.3 is 9.84 Å². The molecular weight excluding hydrogens is 416 g/mol. The Morgan fingerprint density at radius 1 is 1.13 bits per heavy atom. The highest BCUT2D eigenvalue weighted by Crippen LogP contribution is 2.42. The van der Waals surface area contributed by atoms with Crippen LogP contribution in [-0.4, -0.2) is 28.9 Å². The molecule has 1 aromatic heterocycles. The summed E-state index contributed by atoms with van der Waals surface area (Å²) in [7, 11) is 1.55. The number of nitrogens with zero attached hydrogens (tertiary/aromatic N) is 2. The topological polar surface area (TPSA) is 79.7 Å². The summed E-state index contributed by atoms with van der Waals surface area (Å²) in [6.45, 7) is 1.80. The van der Waals surface area contributed by atoms with Crippen LogP contribution in [0.3, 0.4) is 0 Å². The number of rotatable bonds is 4. The van der Waals surface area contributed by atoms with Crippen LogP contribution >= 0.6 is 11.6 Å². The van der Waals surface area contributed by atoms with Gasteiger partial charge in [-0.2, -0.15) is 0 Å². The van der Waals surface area contributed by atoms with Crippen LogP contribution in [-0.2, 0) is 9.59 Å². The predicted octanol–water partition coefficient (Wildman–Crippen LogP) is 4.68. The molecule has 0 aliphatic carbocycles. The number of aliphatic hydroxyl groups is 1. The number of hydrogen-bond acceptors (Lipinski definition) is 5. The van der Waals surface area contributed by atoms with Crippen LogP contribution in [0.1, 0.15) is 22.7 Å². The Hall–Kier alpha value is -3.64. The zero-order chi connectivity index (χ0) is 22.1. The summed E-state index contributed by atoms with van der Waals surface area (Å²) < 4.78 is 5.22. The van der Waals surface area contributed by atoms with E-state index in [-0.39, 0.29) is 11.3 Å². The van der Waals surface area contributed by atoms with Crippen molar-refractivity contribution in [1.29, 1.82) is 0 Å². The first-order valence-electron chi connectivity index (χ1n) is 9.54. The van der Waals surface area contributed by atoms with E-state index in [1.807, 2.05) is 0 Å². The molecule has 1 amide bonds. The van der Waals surface area contributed by atoms with Crippen molar-refractivity contribution in [3.8, 4) is 5.75 Å². The number of carbonyl (C=O) groups excluding carboxylic acids is 2. The maximum Gasteiger partial charge on any atom is 0.300 e. The van der Waals surface area contributed by atoms with E-state index in [4.69, 9.17) is 16.3 Å². The van der Waals surface area contributed by atoms with Crippen LogP contribution in [0.4, 0.5) is 5.69 Å². The van der Waals surface area contributed by atoms with Gasteiger partial charge in [0.25, 0.3) is 11.7 Å². The number of aromatic nitrogens is 1. The molecule has 1 aliphatic heterocycles. The Labute approximate surface area is 184 Å². The van der Waals surface area contributed by atoms with Gasteiger partial charge in [-0.3, -0.25) is 19.5 Å². The minimum atomic E-state index is -0.837. The van der Waals surface area contributed by atoms with E-state index in [9.17, 15) is 14.7 Å². The zero-order valence-corrected chi connectivity index (χ0v) is 17.6. The van der Waals surface area contributed by atoms with Gasteiger partial charge in [0.2, 0.25) is 0 Å². The molecule has 1 unspecified atom stereocenters. The average Bonchev–Trinajstić information content (AvgIpc) is 3.05. The molecule has 7 heteroatoms. The number of halogens is 1. The number of pyridine rings is 1. The fourth-order valence-electron chi connectivity index (χ4n) is 3.73. The summed E-state index contributed by atoms with van der Waals surface area (Å²) in [6.07, 6.45) is 3.18. The number of ketones is 1. The molecule has 0 spiro atoms. The van der Waals surface area contributed by atoms with Crippen LogP contribution in [0.25, 0.3) is 5.76 Å². The van der Waals surface area contributed by atoms with Crippen LogP contribution < -0.4 is 9.64 Å². The lowest BCUT2D eigenvalue weighted by molar-refractivity contribution is -0.132. The van der Waals surface area contributed by atoms with Gasteiger partial charge in [0, 0.05) is 28.7 Å². The van der Waals surface area contributed by atoms with Gasteiger partial charge in [0.15, 0.2) is 0 Å². The maximum absolute atomic E-state index is 13.1. The first-order chi connectivity index (χ1) is 14.9. The number of anilines is 1. The molecule has 4 rings (SSSR count). The largest absolute Gasteiger partial charge is 0.507 e. The molecule has 1 fully saturated rings. The Bertz CT molecular complexity index is 1190. The third-order valence-electron chi connectivity index (χ3n) is 5.24. The SMILES string of the molecule is COc1ccc(/C(O)=C2/C(=O)C(=O)N(c3ccc(Cl)cc3)C2c2cccnc2)c(C)c1. The highest BCUT2D eigenvalue weighted by molar-refractivity contribution is 6.51. The van der Waals surface area contributed by atoms with E-state index in [0.717, 1.165) is 0 Å². The maximum atomic E-state index is 13.1. The van der Waals surface area contributed by atoms with E-state index in [2.05, 4.69) is 4.98 Å². The molecule has 31 heavy (non-hydrogen) atoms. The summed E-state index contributed by atoms with van der Waals surface area (Å²) in [5.41, 5.74) is 2.25. The quantitative estimate of drug-likeness (QED) is 0.366. The highest BCUT2D eigenvalue weighted by atomic mass is 35.5. The Morgan fingerprint density at radius 2 is 1.87 bits per heavy atom. The van der Waals surface area contributed by atoms with Gasteiger partial charge in [0.05, 0.1) is 18.7 Å². The van der Waals surface area contributed by atoms with Crippen molar-refractivity contribution >= 4 is 34.7 Å². The Kier molecular flexibility index (Phi) is 5.48. The van der Waals surface area contributed by atoms with Crippen molar-refractivity contribution in [2.24, 2.45) is 0 Å². The molecule has 1 saturated heterocycles. The monoisotopic (exact) mass is 434 g/mol. The van der Waals surface area contributed by atoms with Gasteiger partial charge in [-0.1, -0.05) is 17.7 Å². The van der Waals surface area contributed by atoms with E-state index >= 15 is 0 Å². The first kappa shape index (κ1) is 20.6. The molecule has 1 aliphatic rings. The van der Waals surface area contributed by atoms with Crippen LogP contribution in [0.5, 0.6) is 5.75 Å². The summed E-state index contributed by atoms with van der Waals surface area (Å²) in [5, 5.41) is 11.7. The molecule has 6 nitrogen and oxygen atoms in total. The Morgan fingerprint density at radius 3 is 2.48 bits per heavy atom. The number of aliphatic hydroxyl groups excluding tert-OH is 1. The standard InChI is InChI=1S/C24H19ClN2O4/c1-14-12-18(31-2)9-10-19(14)22(28)20-21(15-4-3-11-26-13-15)27(24(30)23(20)29)17-7-5-16(25)6-8-17/h3-13,21,28H,1-2H3/b22-20-. The predicted molar refractivity (Wildman–Crippen MR) is 118 cm³/mol. The third-order valence-corrected chi connectivity index (χ3v) is 5.49. The molecule has 2 aromatic carbocycles. The second-order valence-corrected chi connectivity index (χ2v) is 7.55. The smallest absolute Gasteiger partial charge is 0.300 e. The summed E-state index contributed by atoms with van der Waals surface area (Å²) in [4.78, 5) is 31.7. The highest BCUT2D eigenvalue weighted by Gasteiger charge is 2.47. The summed E-state index contributed by atoms with van der Waals surface area (Å²) in [6, 6.07) is 14.4. The number of methoxy groups -OCH3 is 1. The normalized spacial score (nSPS) is 17.8. The van der Waals surface area contributed by atoms with Crippen LogP contribution in [0.2, 0.25) is 5.02 Å². The van der Waals surface area contributed by atoms with Crippen molar-refractivity contribution in [3.63, 3.8) is 0 Å². The van der Waals surface area contributed by atoms with Gasteiger partial charge in [-0.25, -0.2) is 0 Å². The minimum Gasteiger partial charge on any atom is -0.507 e. The molecule has 0 radical (unpaired) electrons.